The van der Waals surface area contributed by atoms with Gasteiger partial charge in [-0.2, -0.15) is 0 Å². The lowest BCUT2D eigenvalue weighted by Crippen LogP contribution is -2.54. The molecule has 2 aliphatic heterocycles. The molecule has 140 valence electrons. The van der Waals surface area contributed by atoms with E-state index in [1.54, 1.807) is 18.0 Å². The van der Waals surface area contributed by atoms with Gasteiger partial charge in [0.1, 0.15) is 11.9 Å². The molecule has 2 aromatic rings. The molecule has 1 saturated heterocycles. The second-order valence-corrected chi connectivity index (χ2v) is 7.06. The molecule has 1 unspecified atom stereocenters. The van der Waals surface area contributed by atoms with E-state index < -0.39 is 6.04 Å². The van der Waals surface area contributed by atoms with Crippen molar-refractivity contribution in [2.45, 2.75) is 19.4 Å². The summed E-state index contributed by atoms with van der Waals surface area (Å²) in [5.74, 6) is 0.922. The molecular weight excluding hydrogens is 340 g/mol. The van der Waals surface area contributed by atoms with Crippen molar-refractivity contribution >= 4 is 17.6 Å². The lowest BCUT2D eigenvalue weighted by Gasteiger charge is -2.41. The Bertz CT molecular complexity index is 831. The number of anilines is 1. The fourth-order valence-electron chi connectivity index (χ4n) is 4.04. The predicted molar refractivity (Wildman–Crippen MR) is 103 cm³/mol. The van der Waals surface area contributed by atoms with E-state index in [0.29, 0.717) is 19.6 Å². The first-order chi connectivity index (χ1) is 13.1. The van der Waals surface area contributed by atoms with Crippen LogP contribution in [0.3, 0.4) is 0 Å². The highest BCUT2D eigenvalue weighted by Gasteiger charge is 2.37. The molecule has 0 aliphatic carbocycles. The minimum Gasteiger partial charge on any atom is -0.353 e. The quantitative estimate of drug-likeness (QED) is 0.816. The number of hydrogen-bond donors (Lipinski definition) is 0. The second-order valence-electron chi connectivity index (χ2n) is 7.06. The van der Waals surface area contributed by atoms with Crippen LogP contribution in [0.1, 0.15) is 24.1 Å². The van der Waals surface area contributed by atoms with Crippen molar-refractivity contribution in [1.29, 1.82) is 0 Å². The van der Waals surface area contributed by atoms with Crippen molar-refractivity contribution in [3.05, 3.63) is 59.8 Å². The molecule has 0 spiro atoms. The maximum Gasteiger partial charge on any atom is 0.250 e. The number of piperazine rings is 1. The fourth-order valence-corrected chi connectivity index (χ4v) is 4.04. The van der Waals surface area contributed by atoms with Crippen LogP contribution in [0.15, 0.2) is 48.7 Å². The van der Waals surface area contributed by atoms with Gasteiger partial charge in [0.15, 0.2) is 0 Å². The Balaban J connectivity index is 1.52. The molecule has 0 N–H and O–H groups in total. The van der Waals surface area contributed by atoms with E-state index in [9.17, 15) is 9.59 Å². The Hall–Kier alpha value is -2.89. The third-order valence-electron chi connectivity index (χ3n) is 5.49. The first-order valence-electron chi connectivity index (χ1n) is 9.45. The van der Waals surface area contributed by atoms with Crippen molar-refractivity contribution in [2.24, 2.45) is 0 Å². The molecule has 6 heteroatoms. The normalized spacial score (nSPS) is 19.6. The number of carbonyl (C=O) groups is 2. The Morgan fingerprint density at radius 3 is 2.41 bits per heavy atom. The molecule has 2 amide bonds. The molecule has 6 nitrogen and oxygen atoms in total. The summed E-state index contributed by atoms with van der Waals surface area (Å²) in [5, 5.41) is 0. The Kier molecular flexibility index (Phi) is 4.79. The van der Waals surface area contributed by atoms with Gasteiger partial charge in [0, 0.05) is 45.8 Å². The summed E-state index contributed by atoms with van der Waals surface area (Å²) in [6, 6.07) is 13.4. The lowest BCUT2D eigenvalue weighted by atomic mass is 9.91. The third-order valence-corrected chi connectivity index (χ3v) is 5.49. The largest absolute Gasteiger partial charge is 0.353 e. The maximum absolute atomic E-state index is 13.4. The van der Waals surface area contributed by atoms with Crippen molar-refractivity contribution in [3.63, 3.8) is 0 Å². The molecule has 1 aromatic carbocycles. The SMILES string of the molecule is CC(=O)N1CCc2ccccc2C1C(=O)N1CCN(c2ccccn2)CC1. The van der Waals surface area contributed by atoms with Crippen LogP contribution in [-0.4, -0.2) is 59.3 Å². The summed E-state index contributed by atoms with van der Waals surface area (Å²) < 4.78 is 0. The van der Waals surface area contributed by atoms with Crippen molar-refractivity contribution < 1.29 is 9.59 Å². The number of hydrogen-bond acceptors (Lipinski definition) is 4. The molecule has 1 aromatic heterocycles. The van der Waals surface area contributed by atoms with Crippen LogP contribution >= 0.6 is 0 Å². The smallest absolute Gasteiger partial charge is 0.250 e. The van der Waals surface area contributed by atoms with E-state index in [4.69, 9.17) is 0 Å². The van der Waals surface area contributed by atoms with Crippen molar-refractivity contribution in [1.82, 2.24) is 14.8 Å². The highest BCUT2D eigenvalue weighted by molar-refractivity contribution is 5.89. The van der Waals surface area contributed by atoms with Crippen LogP contribution in [0.2, 0.25) is 0 Å². The standard InChI is InChI=1S/C21H24N4O2/c1-16(26)25-11-9-17-6-2-3-7-18(17)20(25)21(27)24-14-12-23(13-15-24)19-8-4-5-10-22-19/h2-8,10,20H,9,11-15H2,1H3. The number of nitrogens with zero attached hydrogens (tertiary/aromatic N) is 4. The van der Waals surface area contributed by atoms with Gasteiger partial charge >= 0.3 is 0 Å². The Labute approximate surface area is 159 Å². The maximum atomic E-state index is 13.4. The van der Waals surface area contributed by atoms with E-state index in [1.165, 1.54) is 5.56 Å². The van der Waals surface area contributed by atoms with Gasteiger partial charge in [-0.3, -0.25) is 9.59 Å². The molecule has 0 radical (unpaired) electrons. The summed E-state index contributed by atoms with van der Waals surface area (Å²) in [6.45, 7) is 4.91. The van der Waals surface area contributed by atoms with E-state index in [2.05, 4.69) is 16.0 Å². The average molecular weight is 364 g/mol. The summed E-state index contributed by atoms with van der Waals surface area (Å²) in [4.78, 5) is 35.8. The molecule has 4 rings (SSSR count). The lowest BCUT2D eigenvalue weighted by molar-refractivity contribution is -0.146. The highest BCUT2D eigenvalue weighted by atomic mass is 16.2. The van der Waals surface area contributed by atoms with Crippen LogP contribution in [0.25, 0.3) is 0 Å². The van der Waals surface area contributed by atoms with Crippen LogP contribution in [-0.2, 0) is 16.0 Å². The van der Waals surface area contributed by atoms with Gasteiger partial charge in [-0.1, -0.05) is 30.3 Å². The Morgan fingerprint density at radius 1 is 0.963 bits per heavy atom. The first-order valence-corrected chi connectivity index (χ1v) is 9.45. The van der Waals surface area contributed by atoms with E-state index in [1.807, 2.05) is 41.3 Å². The number of benzene rings is 1. The van der Waals surface area contributed by atoms with Gasteiger partial charge < -0.3 is 14.7 Å². The topological polar surface area (TPSA) is 56.8 Å². The number of carbonyl (C=O) groups excluding carboxylic acids is 2. The fraction of sp³-hybridized carbons (Fsp3) is 0.381. The number of fused-ring (bicyclic) bond motifs is 1. The third kappa shape index (κ3) is 3.39. The van der Waals surface area contributed by atoms with Gasteiger partial charge in [-0.05, 0) is 29.7 Å². The van der Waals surface area contributed by atoms with Gasteiger partial charge in [0.05, 0.1) is 0 Å². The van der Waals surface area contributed by atoms with Crippen LogP contribution in [0.5, 0.6) is 0 Å². The Morgan fingerprint density at radius 2 is 1.70 bits per heavy atom. The molecule has 0 bridgehead atoms. The number of aromatic nitrogens is 1. The van der Waals surface area contributed by atoms with E-state index in [0.717, 1.165) is 30.9 Å². The molecule has 27 heavy (non-hydrogen) atoms. The van der Waals surface area contributed by atoms with E-state index in [-0.39, 0.29) is 11.8 Å². The second kappa shape index (κ2) is 7.39. The molecule has 3 heterocycles. The summed E-state index contributed by atoms with van der Waals surface area (Å²) in [7, 11) is 0. The molecular formula is C21H24N4O2. The van der Waals surface area contributed by atoms with Crippen molar-refractivity contribution in [3.8, 4) is 0 Å². The minimum atomic E-state index is -0.506. The zero-order chi connectivity index (χ0) is 18.8. The van der Waals surface area contributed by atoms with Gasteiger partial charge in [0.25, 0.3) is 0 Å². The molecule has 0 saturated carbocycles. The van der Waals surface area contributed by atoms with Crippen molar-refractivity contribution in [2.75, 3.05) is 37.6 Å². The van der Waals surface area contributed by atoms with Gasteiger partial charge in [0.2, 0.25) is 11.8 Å². The predicted octanol–water partition coefficient (Wildman–Crippen LogP) is 1.88. The van der Waals surface area contributed by atoms with Gasteiger partial charge in [-0.25, -0.2) is 4.98 Å². The summed E-state index contributed by atoms with van der Waals surface area (Å²) >= 11 is 0. The molecule has 1 fully saturated rings. The number of rotatable bonds is 2. The summed E-state index contributed by atoms with van der Waals surface area (Å²) in [5.41, 5.74) is 2.14. The first kappa shape index (κ1) is 17.5. The van der Waals surface area contributed by atoms with Crippen LogP contribution in [0, 0.1) is 0 Å². The number of amides is 2. The average Bonchev–Trinajstić information content (AvgIpc) is 2.73. The van der Waals surface area contributed by atoms with Gasteiger partial charge in [-0.15, -0.1) is 0 Å². The van der Waals surface area contributed by atoms with Crippen LogP contribution < -0.4 is 4.90 Å². The molecule has 1 atom stereocenters. The van der Waals surface area contributed by atoms with E-state index >= 15 is 0 Å². The van der Waals surface area contributed by atoms with Crippen LogP contribution in [0.4, 0.5) is 5.82 Å². The monoisotopic (exact) mass is 364 g/mol. The zero-order valence-electron chi connectivity index (χ0n) is 15.5. The zero-order valence-corrected chi connectivity index (χ0v) is 15.5. The summed E-state index contributed by atoms with van der Waals surface area (Å²) in [6.07, 6.45) is 2.59. The minimum absolute atomic E-state index is 0.0259. The number of pyridine rings is 1. The highest BCUT2D eigenvalue weighted by Crippen LogP contribution is 2.31. The molecule has 2 aliphatic rings.